The van der Waals surface area contributed by atoms with Crippen LogP contribution in [0.5, 0.6) is 0 Å². The Bertz CT molecular complexity index is 676. The van der Waals surface area contributed by atoms with E-state index in [0.717, 1.165) is 11.2 Å². The first-order valence-corrected chi connectivity index (χ1v) is 10.0. The van der Waals surface area contributed by atoms with Gasteiger partial charge in [-0.2, -0.15) is 12.6 Å². The van der Waals surface area contributed by atoms with Gasteiger partial charge in [-0.15, -0.1) is 0 Å². The van der Waals surface area contributed by atoms with Crippen LogP contribution < -0.4 is 16.4 Å². The maximum absolute atomic E-state index is 12.2. The Morgan fingerprint density at radius 3 is 2.13 bits per heavy atom. The van der Waals surface area contributed by atoms with Crippen LogP contribution in [0.4, 0.5) is 0 Å². The van der Waals surface area contributed by atoms with Crippen LogP contribution in [0.25, 0.3) is 0 Å². The van der Waals surface area contributed by atoms with Crippen molar-refractivity contribution in [2.24, 2.45) is 5.73 Å². The highest BCUT2D eigenvalue weighted by molar-refractivity contribution is 7.97. The third kappa shape index (κ3) is 10.3. The summed E-state index contributed by atoms with van der Waals surface area (Å²) in [7, 11) is 0. The molecule has 0 fully saturated rings. The van der Waals surface area contributed by atoms with Crippen LogP contribution in [0.3, 0.4) is 0 Å². The van der Waals surface area contributed by atoms with Crippen LogP contribution in [-0.2, 0) is 28.8 Å². The lowest BCUT2D eigenvalue weighted by molar-refractivity contribution is -0.144. The molecule has 1 unspecified atom stereocenters. The van der Waals surface area contributed by atoms with Crippen LogP contribution >= 0.6 is 24.6 Å². The van der Waals surface area contributed by atoms with Gasteiger partial charge in [0.25, 0.3) is 0 Å². The number of carboxylic acid groups (broad SMARTS) is 3. The summed E-state index contributed by atoms with van der Waals surface area (Å²) in [6.07, 6.45) is -0.538. The molecule has 7 N–H and O–H groups in total. The number of carbonyl (C=O) groups excluding carboxylic acids is 3. The molecule has 0 spiro atoms. The molecule has 0 aliphatic heterocycles. The highest BCUT2D eigenvalue weighted by atomic mass is 32.2. The Kier molecular flexibility index (Phi) is 12.5. The zero-order chi connectivity index (χ0) is 23.4. The Balaban J connectivity index is 5.23. The summed E-state index contributed by atoms with van der Waals surface area (Å²) in [4.78, 5) is 68.7. The third-order valence-electron chi connectivity index (χ3n) is 3.50. The predicted molar refractivity (Wildman–Crippen MR) is 108 cm³/mol. The molecule has 170 valence electrons. The third-order valence-corrected chi connectivity index (χ3v) is 5.11. The van der Waals surface area contributed by atoms with Gasteiger partial charge in [0, 0.05) is 24.9 Å². The molecule has 0 saturated heterocycles. The van der Waals surface area contributed by atoms with E-state index >= 15 is 0 Å². The summed E-state index contributed by atoms with van der Waals surface area (Å²) in [5.74, 6) is -6.74. The number of nitrogens with one attached hydrogen (secondary N) is 2. The van der Waals surface area contributed by atoms with Crippen molar-refractivity contribution in [1.82, 2.24) is 14.9 Å². The Labute approximate surface area is 181 Å². The molecule has 3 amide bonds. The van der Waals surface area contributed by atoms with E-state index in [1.165, 1.54) is 0 Å². The number of amides is 3. The second-order valence-corrected chi connectivity index (χ2v) is 7.24. The van der Waals surface area contributed by atoms with E-state index < -0.39 is 60.3 Å². The number of nitrogens with two attached hydrogens (primary N) is 1. The molecule has 0 radical (unpaired) electrons. The van der Waals surface area contributed by atoms with E-state index in [-0.39, 0.29) is 24.3 Å². The van der Waals surface area contributed by atoms with Crippen LogP contribution in [-0.4, -0.2) is 91.4 Å². The van der Waals surface area contributed by atoms with Gasteiger partial charge in [-0.3, -0.25) is 28.3 Å². The molecule has 0 aliphatic rings. The normalized spacial score (nSPS) is 13.4. The molecular formula is C15H24N4O9S2. The second-order valence-electron chi connectivity index (χ2n) is 5.89. The van der Waals surface area contributed by atoms with Crippen LogP contribution in [0.2, 0.25) is 0 Å². The molecule has 0 aromatic heterocycles. The van der Waals surface area contributed by atoms with Gasteiger partial charge in [0.05, 0.1) is 0 Å². The van der Waals surface area contributed by atoms with Gasteiger partial charge in [-0.05, 0) is 18.4 Å². The number of aliphatic carboxylic acids is 3. The number of hydrogen-bond acceptors (Lipinski definition) is 9. The van der Waals surface area contributed by atoms with Crippen LogP contribution in [0.15, 0.2) is 0 Å². The first kappa shape index (κ1) is 27.5. The molecule has 3 atom stereocenters. The Morgan fingerprint density at radius 1 is 1.10 bits per heavy atom. The quantitative estimate of drug-likeness (QED) is 0.107. The van der Waals surface area contributed by atoms with Gasteiger partial charge in [-0.25, -0.2) is 4.79 Å². The molecule has 0 aromatic rings. The van der Waals surface area contributed by atoms with Crippen LogP contribution in [0, 0.1) is 0 Å². The smallest absolute Gasteiger partial charge is 0.328 e. The molecule has 30 heavy (non-hydrogen) atoms. The van der Waals surface area contributed by atoms with Gasteiger partial charge < -0.3 is 31.7 Å². The molecule has 13 nitrogen and oxygen atoms in total. The van der Waals surface area contributed by atoms with E-state index in [9.17, 15) is 33.9 Å². The lowest BCUT2D eigenvalue weighted by Gasteiger charge is -2.27. The molecule has 0 bridgehead atoms. The fraction of sp³-hybridized carbons (Fsp3) is 0.600. The predicted octanol–water partition coefficient (Wildman–Crippen LogP) is -2.26. The van der Waals surface area contributed by atoms with Crippen molar-refractivity contribution in [3.63, 3.8) is 0 Å². The van der Waals surface area contributed by atoms with E-state index in [4.69, 9.17) is 15.9 Å². The van der Waals surface area contributed by atoms with Gasteiger partial charge in [0.1, 0.15) is 24.7 Å². The van der Waals surface area contributed by atoms with E-state index in [1.807, 2.05) is 0 Å². The van der Waals surface area contributed by atoms with Gasteiger partial charge in [-0.1, -0.05) is 0 Å². The summed E-state index contributed by atoms with van der Waals surface area (Å²) in [6, 6.07) is -3.92. The zero-order valence-corrected chi connectivity index (χ0v) is 17.6. The molecule has 0 rings (SSSR count). The van der Waals surface area contributed by atoms with E-state index in [0.29, 0.717) is 11.9 Å². The van der Waals surface area contributed by atoms with Crippen molar-refractivity contribution >= 4 is 60.2 Å². The number of nitrogens with zero attached hydrogens (tertiary/aromatic N) is 1. The summed E-state index contributed by atoms with van der Waals surface area (Å²) in [5.41, 5.74) is 5.31. The minimum absolute atomic E-state index is 0.210. The minimum atomic E-state index is -1.33. The fourth-order valence-electron chi connectivity index (χ4n) is 1.95. The molecule has 0 saturated carbocycles. The van der Waals surface area contributed by atoms with E-state index in [2.05, 4.69) is 23.3 Å². The van der Waals surface area contributed by atoms with Gasteiger partial charge in [0.15, 0.2) is 0 Å². The summed E-state index contributed by atoms with van der Waals surface area (Å²) in [5, 5.41) is 31.0. The highest BCUT2D eigenvalue weighted by Crippen LogP contribution is 2.18. The number of thiol groups is 1. The number of rotatable bonds is 14. The van der Waals surface area contributed by atoms with E-state index in [1.54, 1.807) is 0 Å². The largest absolute Gasteiger partial charge is 0.480 e. The number of carbonyl (C=O) groups is 6. The lowest BCUT2D eigenvalue weighted by atomic mass is 10.1. The number of hydrogen-bond donors (Lipinski definition) is 7. The first-order valence-electron chi connectivity index (χ1n) is 8.44. The van der Waals surface area contributed by atoms with Crippen molar-refractivity contribution in [2.75, 3.05) is 18.1 Å². The average Bonchev–Trinajstić information content (AvgIpc) is 2.65. The van der Waals surface area contributed by atoms with Crippen LogP contribution in [0.1, 0.15) is 19.8 Å². The van der Waals surface area contributed by atoms with Crippen molar-refractivity contribution in [1.29, 1.82) is 0 Å². The minimum Gasteiger partial charge on any atom is -0.480 e. The van der Waals surface area contributed by atoms with Crippen molar-refractivity contribution < 1.29 is 44.1 Å². The Hall–Kier alpha value is -2.52. The van der Waals surface area contributed by atoms with Gasteiger partial charge in [0.2, 0.25) is 17.7 Å². The average molecular weight is 469 g/mol. The SMILES string of the molecule is CC(=O)N(SC[C@@H](NC(=O)CCC(N)C(=O)O)C(=O)NCC(=O)O)[C@@H](CS)C(=O)O. The molecule has 0 heterocycles. The van der Waals surface area contributed by atoms with Crippen molar-refractivity contribution in [2.45, 2.75) is 37.9 Å². The maximum atomic E-state index is 12.2. The Morgan fingerprint density at radius 2 is 1.70 bits per heavy atom. The lowest BCUT2D eigenvalue weighted by Crippen LogP contribution is -2.51. The maximum Gasteiger partial charge on any atom is 0.328 e. The highest BCUT2D eigenvalue weighted by Gasteiger charge is 2.30. The fourth-order valence-corrected chi connectivity index (χ4v) is 3.45. The van der Waals surface area contributed by atoms with Crippen molar-refractivity contribution in [3.05, 3.63) is 0 Å². The number of carboxylic acids is 3. The monoisotopic (exact) mass is 468 g/mol. The standard InChI is InChI=1S/C15H24N4O9S2/c1-7(20)19(10(5-29)15(27)28)30-6-9(13(24)17-4-12(22)23)18-11(21)3-2-8(16)14(25)26/h8-10,29H,2-6,16H2,1H3,(H,17,24)(H,18,21)(H,22,23)(H,25,26)(H,27,28)/t8?,9-,10+/m1/s1. The topological polar surface area (TPSA) is 216 Å². The zero-order valence-electron chi connectivity index (χ0n) is 15.9. The molecule has 15 heteroatoms. The molecular weight excluding hydrogens is 444 g/mol. The van der Waals surface area contributed by atoms with Gasteiger partial charge >= 0.3 is 17.9 Å². The van der Waals surface area contributed by atoms with Crippen molar-refractivity contribution in [3.8, 4) is 0 Å². The second kappa shape index (κ2) is 13.7. The molecule has 0 aliphatic carbocycles. The summed E-state index contributed by atoms with van der Waals surface area (Å²) in [6.45, 7) is 0.377. The first-order chi connectivity index (χ1) is 13.9. The summed E-state index contributed by atoms with van der Waals surface area (Å²) >= 11 is 4.53. The summed E-state index contributed by atoms with van der Waals surface area (Å²) < 4.78 is 0.874. The molecule has 0 aromatic carbocycles.